The SMILES string of the molecule is N#CC(=Cc1ccc(OCc2ccc(Cl)cc2)cc1)C(=O)NC1CCCCC1. The van der Waals surface area contributed by atoms with Gasteiger partial charge in [0.25, 0.3) is 5.91 Å². The molecule has 0 bridgehead atoms. The highest BCUT2D eigenvalue weighted by molar-refractivity contribution is 6.30. The van der Waals surface area contributed by atoms with Crippen LogP contribution in [0.2, 0.25) is 5.02 Å². The molecule has 1 amide bonds. The maximum absolute atomic E-state index is 12.4. The average molecular weight is 395 g/mol. The van der Waals surface area contributed by atoms with E-state index in [-0.39, 0.29) is 17.5 Å². The molecule has 0 spiro atoms. The van der Waals surface area contributed by atoms with Gasteiger partial charge in [0.15, 0.2) is 0 Å². The summed E-state index contributed by atoms with van der Waals surface area (Å²) in [4.78, 5) is 12.4. The van der Waals surface area contributed by atoms with E-state index in [4.69, 9.17) is 16.3 Å². The zero-order chi connectivity index (χ0) is 19.8. The van der Waals surface area contributed by atoms with E-state index in [1.165, 1.54) is 6.42 Å². The van der Waals surface area contributed by atoms with Crippen LogP contribution in [0.4, 0.5) is 0 Å². The van der Waals surface area contributed by atoms with E-state index in [2.05, 4.69) is 5.32 Å². The summed E-state index contributed by atoms with van der Waals surface area (Å²) in [6, 6.07) is 17.0. The number of ether oxygens (including phenoxy) is 1. The maximum atomic E-state index is 12.4. The molecule has 144 valence electrons. The molecule has 0 heterocycles. The Hall–Kier alpha value is -2.77. The summed E-state index contributed by atoms with van der Waals surface area (Å²) in [6.07, 6.45) is 7.08. The summed E-state index contributed by atoms with van der Waals surface area (Å²) in [7, 11) is 0. The number of amides is 1. The quantitative estimate of drug-likeness (QED) is 0.535. The van der Waals surface area contributed by atoms with E-state index < -0.39 is 0 Å². The standard InChI is InChI=1S/C23H23ClN2O2/c24-20-10-6-18(7-11-20)16-28-22-12-8-17(9-13-22)14-19(15-25)23(27)26-21-4-2-1-3-5-21/h6-14,21H,1-5,16H2,(H,26,27). The zero-order valence-electron chi connectivity index (χ0n) is 15.7. The Kier molecular flexibility index (Phi) is 7.11. The molecule has 1 saturated carbocycles. The van der Waals surface area contributed by atoms with Crippen LogP contribution in [0.25, 0.3) is 6.08 Å². The highest BCUT2D eigenvalue weighted by Crippen LogP contribution is 2.19. The van der Waals surface area contributed by atoms with Gasteiger partial charge in [-0.15, -0.1) is 0 Å². The second-order valence-corrected chi connectivity index (χ2v) is 7.40. The van der Waals surface area contributed by atoms with Crippen molar-refractivity contribution < 1.29 is 9.53 Å². The van der Waals surface area contributed by atoms with Crippen molar-refractivity contribution in [1.82, 2.24) is 5.32 Å². The lowest BCUT2D eigenvalue weighted by atomic mass is 9.95. The molecule has 0 aliphatic heterocycles. The van der Waals surface area contributed by atoms with Crippen molar-refractivity contribution in [3.63, 3.8) is 0 Å². The number of nitriles is 1. The fourth-order valence-corrected chi connectivity index (χ4v) is 3.36. The molecule has 1 fully saturated rings. The Labute approximate surface area is 170 Å². The van der Waals surface area contributed by atoms with Crippen LogP contribution in [-0.2, 0) is 11.4 Å². The molecule has 4 nitrogen and oxygen atoms in total. The van der Waals surface area contributed by atoms with Crippen molar-refractivity contribution in [3.8, 4) is 11.8 Å². The average Bonchev–Trinajstić information content (AvgIpc) is 2.73. The van der Waals surface area contributed by atoms with Gasteiger partial charge in [0.2, 0.25) is 0 Å². The van der Waals surface area contributed by atoms with Crippen molar-refractivity contribution in [1.29, 1.82) is 5.26 Å². The summed E-state index contributed by atoms with van der Waals surface area (Å²) >= 11 is 5.88. The van der Waals surface area contributed by atoms with E-state index in [9.17, 15) is 10.1 Å². The number of carbonyl (C=O) groups excluding carboxylic acids is 1. The van der Waals surface area contributed by atoms with E-state index in [0.717, 1.165) is 42.6 Å². The second-order valence-electron chi connectivity index (χ2n) is 6.96. The fraction of sp³-hybridized carbons (Fsp3) is 0.304. The molecular formula is C23H23ClN2O2. The lowest BCUT2D eigenvalue weighted by molar-refractivity contribution is -0.117. The third-order valence-corrected chi connectivity index (χ3v) is 5.07. The minimum Gasteiger partial charge on any atom is -0.489 e. The fourth-order valence-electron chi connectivity index (χ4n) is 3.23. The molecule has 1 aliphatic rings. The van der Waals surface area contributed by atoms with Gasteiger partial charge in [-0.25, -0.2) is 0 Å². The molecule has 28 heavy (non-hydrogen) atoms. The van der Waals surface area contributed by atoms with Crippen molar-refractivity contribution in [2.45, 2.75) is 44.8 Å². The van der Waals surface area contributed by atoms with Crippen LogP contribution in [-0.4, -0.2) is 11.9 Å². The van der Waals surface area contributed by atoms with Crippen LogP contribution >= 0.6 is 11.6 Å². The second kappa shape index (κ2) is 9.96. The summed E-state index contributed by atoms with van der Waals surface area (Å²) in [5.41, 5.74) is 1.94. The van der Waals surface area contributed by atoms with E-state index >= 15 is 0 Å². The Morgan fingerprint density at radius 2 is 1.79 bits per heavy atom. The van der Waals surface area contributed by atoms with Gasteiger partial charge in [0.05, 0.1) is 0 Å². The monoisotopic (exact) mass is 394 g/mol. The molecule has 1 N–H and O–H groups in total. The number of hydrogen-bond acceptors (Lipinski definition) is 3. The number of halogens is 1. The summed E-state index contributed by atoms with van der Waals surface area (Å²) in [6.45, 7) is 0.444. The molecule has 2 aromatic rings. The first-order chi connectivity index (χ1) is 13.6. The molecule has 5 heteroatoms. The highest BCUT2D eigenvalue weighted by Gasteiger charge is 2.18. The lowest BCUT2D eigenvalue weighted by Crippen LogP contribution is -2.36. The number of nitrogens with zero attached hydrogens (tertiary/aromatic N) is 1. The number of carbonyl (C=O) groups is 1. The molecule has 0 radical (unpaired) electrons. The molecular weight excluding hydrogens is 372 g/mol. The molecule has 0 unspecified atom stereocenters. The van der Waals surface area contributed by atoms with Crippen molar-refractivity contribution >= 4 is 23.6 Å². The predicted octanol–water partition coefficient (Wildman–Crippen LogP) is 5.27. The normalized spacial score (nSPS) is 14.9. The van der Waals surface area contributed by atoms with Crippen LogP contribution < -0.4 is 10.1 Å². The molecule has 1 aliphatic carbocycles. The molecule has 0 aromatic heterocycles. The van der Waals surface area contributed by atoms with Crippen LogP contribution in [0.3, 0.4) is 0 Å². The highest BCUT2D eigenvalue weighted by atomic mass is 35.5. The van der Waals surface area contributed by atoms with E-state index in [0.29, 0.717) is 11.6 Å². The van der Waals surface area contributed by atoms with Crippen LogP contribution in [0.5, 0.6) is 5.75 Å². The number of rotatable bonds is 6. The molecule has 0 atom stereocenters. The predicted molar refractivity (Wildman–Crippen MR) is 111 cm³/mol. The minimum absolute atomic E-state index is 0.125. The third kappa shape index (κ3) is 5.87. The number of benzene rings is 2. The van der Waals surface area contributed by atoms with Gasteiger partial charge >= 0.3 is 0 Å². The van der Waals surface area contributed by atoms with Crippen molar-refractivity contribution in [2.75, 3.05) is 0 Å². The Morgan fingerprint density at radius 3 is 2.43 bits per heavy atom. The first-order valence-corrected chi connectivity index (χ1v) is 9.92. The van der Waals surface area contributed by atoms with E-state index in [1.54, 1.807) is 6.08 Å². The summed E-state index contributed by atoms with van der Waals surface area (Å²) < 4.78 is 5.76. The lowest BCUT2D eigenvalue weighted by Gasteiger charge is -2.22. The van der Waals surface area contributed by atoms with Gasteiger partial charge in [-0.05, 0) is 54.3 Å². The first kappa shape index (κ1) is 20.0. The summed E-state index contributed by atoms with van der Waals surface area (Å²) in [5.74, 6) is 0.426. The van der Waals surface area contributed by atoms with Gasteiger partial charge in [0, 0.05) is 11.1 Å². The Balaban J connectivity index is 1.58. The first-order valence-electron chi connectivity index (χ1n) is 9.54. The Bertz CT molecular complexity index is 861. The van der Waals surface area contributed by atoms with Gasteiger partial charge in [-0.3, -0.25) is 4.79 Å². The zero-order valence-corrected chi connectivity index (χ0v) is 16.4. The van der Waals surface area contributed by atoms with Crippen LogP contribution in [0.15, 0.2) is 54.1 Å². The largest absolute Gasteiger partial charge is 0.489 e. The van der Waals surface area contributed by atoms with Crippen LogP contribution in [0.1, 0.15) is 43.2 Å². The van der Waals surface area contributed by atoms with Gasteiger partial charge in [-0.1, -0.05) is 55.1 Å². The summed E-state index contributed by atoms with van der Waals surface area (Å²) in [5, 5.41) is 13.0. The molecule has 3 rings (SSSR count). The minimum atomic E-state index is -0.294. The van der Waals surface area contributed by atoms with Crippen LogP contribution in [0, 0.1) is 11.3 Å². The number of nitrogens with one attached hydrogen (secondary N) is 1. The molecule has 2 aromatic carbocycles. The topological polar surface area (TPSA) is 62.1 Å². The van der Waals surface area contributed by atoms with Gasteiger partial charge in [0.1, 0.15) is 24.0 Å². The van der Waals surface area contributed by atoms with Crippen molar-refractivity contribution in [3.05, 3.63) is 70.3 Å². The smallest absolute Gasteiger partial charge is 0.262 e. The van der Waals surface area contributed by atoms with Gasteiger partial charge < -0.3 is 10.1 Å². The van der Waals surface area contributed by atoms with Crippen molar-refractivity contribution in [2.24, 2.45) is 0 Å². The Morgan fingerprint density at radius 1 is 1.11 bits per heavy atom. The number of hydrogen-bond donors (Lipinski definition) is 1. The molecule has 0 saturated heterocycles. The van der Waals surface area contributed by atoms with E-state index in [1.807, 2.05) is 54.6 Å². The third-order valence-electron chi connectivity index (χ3n) is 4.82. The maximum Gasteiger partial charge on any atom is 0.262 e. The van der Waals surface area contributed by atoms with Gasteiger partial charge in [-0.2, -0.15) is 5.26 Å².